The quantitative estimate of drug-likeness (QED) is 0.436. The van der Waals surface area contributed by atoms with Gasteiger partial charge < -0.3 is 20.7 Å². The van der Waals surface area contributed by atoms with Crippen molar-refractivity contribution in [3.8, 4) is 0 Å². The van der Waals surface area contributed by atoms with Crippen molar-refractivity contribution in [3.63, 3.8) is 0 Å². The molecule has 2 amide bonds. The number of amides is 2. The Morgan fingerprint density at radius 3 is 2.77 bits per heavy atom. The first-order valence-corrected chi connectivity index (χ1v) is 10.5. The second-order valence-electron chi connectivity index (χ2n) is 7.23. The van der Waals surface area contributed by atoms with E-state index >= 15 is 0 Å². The molecule has 11 heteroatoms. The molecule has 1 unspecified atom stereocenters. The average Bonchev–Trinajstić information content (AvgIpc) is 3.52. The molecule has 3 aromatic rings. The van der Waals surface area contributed by atoms with Crippen molar-refractivity contribution in [2.75, 3.05) is 11.9 Å². The molecule has 2 heterocycles. The number of nitrogens with one attached hydrogen (secondary N) is 1. The summed E-state index contributed by atoms with van der Waals surface area (Å²) < 4.78 is 2.02. The van der Waals surface area contributed by atoms with E-state index < -0.39 is 11.9 Å². The summed E-state index contributed by atoms with van der Waals surface area (Å²) in [5.74, 6) is -0.425. The van der Waals surface area contributed by atoms with E-state index in [0.29, 0.717) is 21.3 Å². The van der Waals surface area contributed by atoms with Gasteiger partial charge in [0.05, 0.1) is 17.9 Å². The van der Waals surface area contributed by atoms with E-state index in [2.05, 4.69) is 36.3 Å². The summed E-state index contributed by atoms with van der Waals surface area (Å²) in [5.41, 5.74) is 6.18. The smallest absolute Gasteiger partial charge is 0.269 e. The summed E-state index contributed by atoms with van der Waals surface area (Å²) in [6, 6.07) is 6.39. The van der Waals surface area contributed by atoms with Crippen LogP contribution in [0.4, 0.5) is 5.82 Å². The first-order valence-electron chi connectivity index (χ1n) is 9.71. The summed E-state index contributed by atoms with van der Waals surface area (Å²) in [6.45, 7) is 0.0919. The minimum atomic E-state index is -0.682. The molecule has 3 N–H and O–H groups in total. The number of aromatic nitrogens is 4. The van der Waals surface area contributed by atoms with Crippen molar-refractivity contribution in [3.05, 3.63) is 47.0 Å². The van der Waals surface area contributed by atoms with E-state index in [0.717, 1.165) is 19.1 Å². The molecule has 0 bridgehead atoms. The van der Waals surface area contributed by atoms with Gasteiger partial charge in [0.25, 0.3) is 5.91 Å². The van der Waals surface area contributed by atoms with E-state index in [-0.39, 0.29) is 30.7 Å². The third kappa shape index (κ3) is 4.55. The molecule has 1 aromatic carbocycles. The number of rotatable bonds is 9. The maximum Gasteiger partial charge on any atom is 0.269 e. The Balaban J connectivity index is 1.54. The van der Waals surface area contributed by atoms with E-state index in [4.69, 9.17) is 5.73 Å². The van der Waals surface area contributed by atoms with Gasteiger partial charge in [-0.1, -0.05) is 18.2 Å². The van der Waals surface area contributed by atoms with E-state index in [1.54, 1.807) is 35.4 Å². The van der Waals surface area contributed by atoms with Crippen LogP contribution in [0.1, 0.15) is 23.3 Å². The number of nitrogens with two attached hydrogens (primary N) is 1. The second-order valence-corrected chi connectivity index (χ2v) is 8.04. The van der Waals surface area contributed by atoms with Crippen molar-refractivity contribution in [2.45, 2.75) is 31.5 Å². The van der Waals surface area contributed by atoms with Crippen molar-refractivity contribution >= 4 is 50.8 Å². The summed E-state index contributed by atoms with van der Waals surface area (Å²) in [7, 11) is 0. The maximum atomic E-state index is 13.2. The summed E-state index contributed by atoms with van der Waals surface area (Å²) in [4.78, 5) is 46.7. The fraction of sp³-hybridized carbons (Fsp3) is 0.300. The summed E-state index contributed by atoms with van der Waals surface area (Å²) in [6.07, 6.45) is 5.51. The molecule has 31 heavy (non-hydrogen) atoms. The molecule has 1 saturated carbocycles. The predicted molar refractivity (Wildman–Crippen MR) is 116 cm³/mol. The molecular weight excluding hydrogens is 466 g/mol. The molecule has 0 aliphatic heterocycles. The van der Waals surface area contributed by atoms with Gasteiger partial charge in [0.15, 0.2) is 5.69 Å². The van der Waals surface area contributed by atoms with Crippen LogP contribution in [-0.4, -0.2) is 61.4 Å². The van der Waals surface area contributed by atoms with Crippen molar-refractivity contribution in [1.82, 2.24) is 24.6 Å². The SMILES string of the molecule is NC(=O)c1nn(CC(=O)N(C(C=O)CNc2cncc(Br)n2)C2CC2)c2ccccc12. The molecule has 1 aliphatic rings. The van der Waals surface area contributed by atoms with Crippen LogP contribution in [-0.2, 0) is 16.1 Å². The lowest BCUT2D eigenvalue weighted by Gasteiger charge is -2.28. The second kappa shape index (κ2) is 8.80. The lowest BCUT2D eigenvalue weighted by Crippen LogP contribution is -2.48. The number of hydrogen-bond donors (Lipinski definition) is 2. The van der Waals surface area contributed by atoms with Crippen LogP contribution in [0.25, 0.3) is 10.9 Å². The highest BCUT2D eigenvalue weighted by Gasteiger charge is 2.37. The molecule has 4 rings (SSSR count). The zero-order chi connectivity index (χ0) is 22.0. The first kappa shape index (κ1) is 20.9. The molecule has 1 fully saturated rings. The number of aldehydes is 1. The lowest BCUT2D eigenvalue weighted by atomic mass is 10.2. The van der Waals surface area contributed by atoms with E-state index in [9.17, 15) is 14.4 Å². The monoisotopic (exact) mass is 485 g/mol. The van der Waals surface area contributed by atoms with Crippen LogP contribution >= 0.6 is 15.9 Å². The molecule has 10 nitrogen and oxygen atoms in total. The van der Waals surface area contributed by atoms with Gasteiger partial charge in [0.2, 0.25) is 5.91 Å². The molecule has 0 radical (unpaired) electrons. The zero-order valence-corrected chi connectivity index (χ0v) is 18.0. The third-order valence-electron chi connectivity index (χ3n) is 5.02. The largest absolute Gasteiger partial charge is 0.366 e. The highest BCUT2D eigenvalue weighted by molar-refractivity contribution is 9.10. The van der Waals surface area contributed by atoms with Crippen LogP contribution in [0.15, 0.2) is 41.3 Å². The number of carbonyl (C=O) groups excluding carboxylic acids is 3. The summed E-state index contributed by atoms with van der Waals surface area (Å²) >= 11 is 3.25. The third-order valence-corrected chi connectivity index (χ3v) is 5.40. The van der Waals surface area contributed by atoms with Crippen molar-refractivity contribution in [1.29, 1.82) is 0 Å². The predicted octanol–water partition coefficient (Wildman–Crippen LogP) is 1.36. The van der Waals surface area contributed by atoms with Crippen molar-refractivity contribution in [2.24, 2.45) is 5.73 Å². The van der Waals surface area contributed by atoms with Gasteiger partial charge in [-0.05, 0) is 34.8 Å². The number of primary amides is 1. The fourth-order valence-corrected chi connectivity index (χ4v) is 3.81. The number of benzene rings is 1. The fourth-order valence-electron chi connectivity index (χ4n) is 3.50. The number of anilines is 1. The van der Waals surface area contributed by atoms with Crippen molar-refractivity contribution < 1.29 is 14.4 Å². The van der Waals surface area contributed by atoms with E-state index in [1.165, 1.54) is 10.9 Å². The minimum absolute atomic E-state index is 0.00414. The van der Waals surface area contributed by atoms with Crippen LogP contribution in [0.3, 0.4) is 0 Å². The van der Waals surface area contributed by atoms with Crippen LogP contribution in [0.5, 0.6) is 0 Å². The molecule has 1 aliphatic carbocycles. The summed E-state index contributed by atoms with van der Waals surface area (Å²) in [5, 5.41) is 7.89. The van der Waals surface area contributed by atoms with E-state index in [1.807, 2.05) is 0 Å². The highest BCUT2D eigenvalue weighted by Crippen LogP contribution is 2.29. The average molecular weight is 486 g/mol. The Hall–Kier alpha value is -3.34. The topological polar surface area (TPSA) is 136 Å². The van der Waals surface area contributed by atoms with Crippen LogP contribution in [0, 0.1) is 0 Å². The lowest BCUT2D eigenvalue weighted by molar-refractivity contribution is -0.137. The Morgan fingerprint density at radius 1 is 1.32 bits per heavy atom. The van der Waals surface area contributed by atoms with Crippen LogP contribution in [0.2, 0.25) is 0 Å². The first-order chi connectivity index (χ1) is 15.0. The Morgan fingerprint density at radius 2 is 2.10 bits per heavy atom. The molecule has 0 saturated heterocycles. The molecule has 160 valence electrons. The molecule has 0 spiro atoms. The standard InChI is InChI=1S/C20H20BrN7O3/c21-16-8-23-9-17(25-16)24-7-13(11-29)28(12-5-6-12)18(30)10-27-15-4-2-1-3-14(15)19(26-27)20(22)31/h1-4,8-9,11-13H,5-7,10H2,(H2,22,31)(H,24,25). The number of para-hydroxylation sites is 1. The molecule has 2 aromatic heterocycles. The molecule has 1 atom stereocenters. The van der Waals surface area contributed by atoms with Gasteiger partial charge >= 0.3 is 0 Å². The molecular formula is C20H20BrN7O3. The van der Waals surface area contributed by atoms with Gasteiger partial charge in [-0.15, -0.1) is 0 Å². The van der Waals surface area contributed by atoms with Gasteiger partial charge in [-0.2, -0.15) is 5.10 Å². The zero-order valence-electron chi connectivity index (χ0n) is 16.4. The minimum Gasteiger partial charge on any atom is -0.366 e. The maximum absolute atomic E-state index is 13.2. The normalized spacial score (nSPS) is 14.2. The number of fused-ring (bicyclic) bond motifs is 1. The number of carbonyl (C=O) groups is 3. The highest BCUT2D eigenvalue weighted by atomic mass is 79.9. The van der Waals surface area contributed by atoms with Gasteiger partial charge in [0.1, 0.15) is 29.3 Å². The van der Waals surface area contributed by atoms with Gasteiger partial charge in [0, 0.05) is 18.0 Å². The number of nitrogens with zero attached hydrogens (tertiary/aromatic N) is 5. The Bertz CT molecular complexity index is 1140. The van der Waals surface area contributed by atoms with Gasteiger partial charge in [-0.25, -0.2) is 4.98 Å². The van der Waals surface area contributed by atoms with Crippen LogP contribution < -0.4 is 11.1 Å². The Kier molecular flexibility index (Phi) is 5.94. The van der Waals surface area contributed by atoms with Gasteiger partial charge in [-0.3, -0.25) is 19.3 Å². The Labute approximate surface area is 185 Å². The number of hydrogen-bond acceptors (Lipinski definition) is 7. The number of halogens is 1.